The van der Waals surface area contributed by atoms with Crippen LogP contribution in [0, 0.1) is 5.92 Å². The van der Waals surface area contributed by atoms with Gasteiger partial charge < -0.3 is 9.84 Å². The van der Waals surface area contributed by atoms with Gasteiger partial charge in [-0.3, -0.25) is 4.79 Å². The molecule has 2 N–H and O–H groups in total. The van der Waals surface area contributed by atoms with Crippen LogP contribution in [0.3, 0.4) is 0 Å². The Morgan fingerprint density at radius 1 is 1.47 bits per heavy atom. The van der Waals surface area contributed by atoms with Crippen molar-refractivity contribution in [1.82, 2.24) is 4.72 Å². The van der Waals surface area contributed by atoms with Gasteiger partial charge >= 0.3 is 11.9 Å². The van der Waals surface area contributed by atoms with Crippen molar-refractivity contribution in [2.75, 3.05) is 18.6 Å². The number of aliphatic carboxylic acids is 1. The lowest BCUT2D eigenvalue weighted by atomic mass is 10.2. The third-order valence-electron chi connectivity index (χ3n) is 1.74. The first-order valence-electron chi connectivity index (χ1n) is 4.66. The summed E-state index contributed by atoms with van der Waals surface area (Å²) < 4.78 is 28.2. The van der Waals surface area contributed by atoms with Gasteiger partial charge in [-0.15, -0.1) is 0 Å². The maximum absolute atomic E-state index is 11.3. The summed E-state index contributed by atoms with van der Waals surface area (Å²) in [4.78, 5) is 22.0. The molecule has 0 aromatic carbocycles. The van der Waals surface area contributed by atoms with Crippen LogP contribution in [0.25, 0.3) is 0 Å². The zero-order valence-corrected chi connectivity index (χ0v) is 11.1. The van der Waals surface area contributed by atoms with Crippen LogP contribution < -0.4 is 4.72 Å². The van der Waals surface area contributed by atoms with Crippen LogP contribution in [0.15, 0.2) is 0 Å². The van der Waals surface area contributed by atoms with Crippen molar-refractivity contribution in [3.63, 3.8) is 0 Å². The second-order valence-electron chi connectivity index (χ2n) is 3.47. The summed E-state index contributed by atoms with van der Waals surface area (Å²) in [5.74, 6) is -2.49. The van der Waals surface area contributed by atoms with E-state index in [1.54, 1.807) is 0 Å². The fourth-order valence-corrected chi connectivity index (χ4v) is 1.34. The summed E-state index contributed by atoms with van der Waals surface area (Å²) in [5, 5.41) is 8.74. The smallest absolute Gasteiger partial charge is 0.346 e. The number of rotatable bonds is 7. The molecule has 0 heterocycles. The highest BCUT2D eigenvalue weighted by atomic mass is 32.2. The SMILES string of the molecule is CC(CS)C(=O)O[C@@H](CNS(C)(=O)=O)C(=O)O. The topological polar surface area (TPSA) is 110 Å². The van der Waals surface area contributed by atoms with E-state index in [9.17, 15) is 18.0 Å². The highest BCUT2D eigenvalue weighted by molar-refractivity contribution is 7.88. The minimum atomic E-state index is -3.53. The summed E-state index contributed by atoms with van der Waals surface area (Å²) in [5.41, 5.74) is 0. The maximum atomic E-state index is 11.3. The number of sulfonamides is 1. The van der Waals surface area contributed by atoms with E-state index in [0.717, 1.165) is 6.26 Å². The molecule has 0 saturated carbocycles. The average Bonchev–Trinajstić information content (AvgIpc) is 2.20. The summed E-state index contributed by atoms with van der Waals surface area (Å²) in [7, 11) is -3.53. The van der Waals surface area contributed by atoms with Gasteiger partial charge in [0.15, 0.2) is 0 Å². The van der Waals surface area contributed by atoms with Crippen LogP contribution >= 0.6 is 12.6 Å². The van der Waals surface area contributed by atoms with Crippen LogP contribution in [0.5, 0.6) is 0 Å². The lowest BCUT2D eigenvalue weighted by molar-refractivity contribution is -0.165. The van der Waals surface area contributed by atoms with Crippen LogP contribution in [0.1, 0.15) is 6.92 Å². The number of carbonyl (C=O) groups excluding carboxylic acids is 1. The molecule has 0 radical (unpaired) electrons. The summed E-state index contributed by atoms with van der Waals surface area (Å²) in [6, 6.07) is 0. The highest BCUT2D eigenvalue weighted by Gasteiger charge is 2.25. The number of hydrogen-bond donors (Lipinski definition) is 3. The van der Waals surface area contributed by atoms with Crippen molar-refractivity contribution in [2.24, 2.45) is 5.92 Å². The molecule has 2 atom stereocenters. The van der Waals surface area contributed by atoms with E-state index in [1.165, 1.54) is 6.92 Å². The molecule has 0 aliphatic heterocycles. The van der Waals surface area contributed by atoms with Crippen LogP contribution in [0.4, 0.5) is 0 Å². The van der Waals surface area contributed by atoms with Crippen molar-refractivity contribution in [3.05, 3.63) is 0 Å². The first-order valence-corrected chi connectivity index (χ1v) is 7.18. The first-order chi connectivity index (χ1) is 7.67. The van der Waals surface area contributed by atoms with Gasteiger partial charge in [0, 0.05) is 5.75 Å². The number of esters is 1. The fraction of sp³-hybridized carbons (Fsp3) is 0.750. The molecule has 0 aliphatic carbocycles. The normalized spacial score (nSPS) is 15.0. The molecule has 0 fully saturated rings. The van der Waals surface area contributed by atoms with Gasteiger partial charge in [0.25, 0.3) is 0 Å². The molecular weight excluding hydrogens is 270 g/mol. The molecule has 1 unspecified atom stereocenters. The average molecular weight is 285 g/mol. The quantitative estimate of drug-likeness (QED) is 0.413. The Bertz CT molecular complexity index is 379. The van der Waals surface area contributed by atoms with E-state index in [4.69, 9.17) is 5.11 Å². The Morgan fingerprint density at radius 2 is 2.00 bits per heavy atom. The van der Waals surface area contributed by atoms with Crippen molar-refractivity contribution >= 4 is 34.6 Å². The number of hydrogen-bond acceptors (Lipinski definition) is 6. The molecule has 7 nitrogen and oxygen atoms in total. The Labute approximate surface area is 105 Å². The van der Waals surface area contributed by atoms with Gasteiger partial charge in [-0.2, -0.15) is 12.6 Å². The number of ether oxygens (including phenoxy) is 1. The molecule has 0 rings (SSSR count). The van der Waals surface area contributed by atoms with E-state index in [0.29, 0.717) is 0 Å². The molecule has 9 heteroatoms. The lowest BCUT2D eigenvalue weighted by Gasteiger charge is -2.16. The zero-order valence-electron chi connectivity index (χ0n) is 9.41. The lowest BCUT2D eigenvalue weighted by Crippen LogP contribution is -2.40. The van der Waals surface area contributed by atoms with E-state index >= 15 is 0 Å². The van der Waals surface area contributed by atoms with Gasteiger partial charge in [-0.05, 0) is 0 Å². The largest absolute Gasteiger partial charge is 0.478 e. The minimum Gasteiger partial charge on any atom is -0.478 e. The molecule has 17 heavy (non-hydrogen) atoms. The summed E-state index contributed by atoms with van der Waals surface area (Å²) in [6.07, 6.45) is -0.663. The minimum absolute atomic E-state index is 0.213. The molecule has 0 saturated heterocycles. The van der Waals surface area contributed by atoms with E-state index in [2.05, 4.69) is 17.4 Å². The van der Waals surface area contributed by atoms with Gasteiger partial charge in [0.2, 0.25) is 16.1 Å². The van der Waals surface area contributed by atoms with Crippen molar-refractivity contribution in [1.29, 1.82) is 0 Å². The molecule has 0 aromatic heterocycles. The summed E-state index contributed by atoms with van der Waals surface area (Å²) in [6.45, 7) is 1.03. The summed E-state index contributed by atoms with van der Waals surface area (Å²) >= 11 is 3.87. The molecule has 100 valence electrons. The highest BCUT2D eigenvalue weighted by Crippen LogP contribution is 2.04. The van der Waals surface area contributed by atoms with Crippen LogP contribution in [-0.2, 0) is 24.3 Å². The molecule has 0 aliphatic rings. The maximum Gasteiger partial charge on any atom is 0.346 e. The van der Waals surface area contributed by atoms with Crippen molar-refractivity contribution in [3.8, 4) is 0 Å². The van der Waals surface area contributed by atoms with Gasteiger partial charge in [0.1, 0.15) is 0 Å². The predicted octanol–water partition coefficient (Wildman–Crippen LogP) is -0.902. The number of carboxylic acid groups (broad SMARTS) is 1. The Kier molecular flexibility index (Phi) is 6.50. The molecule has 0 spiro atoms. The monoisotopic (exact) mass is 285 g/mol. The van der Waals surface area contributed by atoms with E-state index < -0.39 is 40.5 Å². The van der Waals surface area contributed by atoms with Crippen molar-refractivity contribution in [2.45, 2.75) is 13.0 Å². The van der Waals surface area contributed by atoms with E-state index in [1.807, 2.05) is 4.72 Å². The van der Waals surface area contributed by atoms with Gasteiger partial charge in [0.05, 0.1) is 18.7 Å². The van der Waals surface area contributed by atoms with Crippen LogP contribution in [-0.4, -0.2) is 50.1 Å². The standard InChI is InChI=1S/C8H15NO6S2/c1-5(4-16)8(12)15-6(7(10)11)3-9-17(2,13)14/h5-6,9,16H,3-4H2,1-2H3,(H,10,11)/t5?,6-/m0/s1. The second kappa shape index (κ2) is 6.82. The fourth-order valence-electron chi connectivity index (χ4n) is 0.737. The molecule has 0 aromatic rings. The Balaban J connectivity index is 4.46. The Morgan fingerprint density at radius 3 is 2.35 bits per heavy atom. The third kappa shape index (κ3) is 7.18. The van der Waals surface area contributed by atoms with Gasteiger partial charge in [-0.25, -0.2) is 17.9 Å². The first kappa shape index (κ1) is 16.2. The number of thiol groups is 1. The second-order valence-corrected chi connectivity index (χ2v) is 5.67. The molecular formula is C8H15NO6S2. The van der Waals surface area contributed by atoms with Gasteiger partial charge in [-0.1, -0.05) is 6.92 Å². The third-order valence-corrected chi connectivity index (χ3v) is 2.98. The number of carboxylic acids is 1. The molecule has 0 bridgehead atoms. The van der Waals surface area contributed by atoms with E-state index in [-0.39, 0.29) is 5.75 Å². The van der Waals surface area contributed by atoms with Crippen LogP contribution in [0.2, 0.25) is 0 Å². The number of carbonyl (C=O) groups is 2. The molecule has 0 amide bonds. The number of nitrogens with one attached hydrogen (secondary N) is 1. The Hall–Kier alpha value is -0.800. The predicted molar refractivity (Wildman–Crippen MR) is 63.4 cm³/mol. The zero-order chi connectivity index (χ0) is 13.6. The van der Waals surface area contributed by atoms with Crippen molar-refractivity contribution < 1.29 is 27.9 Å².